The maximum Gasteiger partial charge on any atom is 0.255 e. The molecule has 0 fully saturated rings. The summed E-state index contributed by atoms with van der Waals surface area (Å²) in [6.07, 6.45) is 6.78. The van der Waals surface area contributed by atoms with E-state index in [-0.39, 0.29) is 11.9 Å². The van der Waals surface area contributed by atoms with Crippen molar-refractivity contribution >= 4 is 5.91 Å². The summed E-state index contributed by atoms with van der Waals surface area (Å²) in [6, 6.07) is 7.19. The third-order valence-corrected chi connectivity index (χ3v) is 3.81. The van der Waals surface area contributed by atoms with E-state index in [1.165, 1.54) is 0 Å². The van der Waals surface area contributed by atoms with E-state index in [1.807, 2.05) is 42.1 Å². The zero-order valence-corrected chi connectivity index (χ0v) is 13.8. The van der Waals surface area contributed by atoms with Crippen molar-refractivity contribution in [2.75, 3.05) is 7.11 Å². The number of aromatic nitrogens is 4. The third kappa shape index (κ3) is 3.15. The molecule has 0 radical (unpaired) electrons. The van der Waals surface area contributed by atoms with Crippen LogP contribution in [0, 0.1) is 0 Å². The van der Waals surface area contributed by atoms with Crippen LogP contribution in [0.1, 0.15) is 27.8 Å². The number of ether oxygens (including phenoxy) is 1. The Balaban J connectivity index is 1.93. The minimum Gasteiger partial charge on any atom is -0.497 e. The van der Waals surface area contributed by atoms with Gasteiger partial charge in [0.25, 0.3) is 5.91 Å². The lowest BCUT2D eigenvalue weighted by Crippen LogP contribution is -2.30. The quantitative estimate of drug-likeness (QED) is 0.774. The number of nitrogens with one attached hydrogen (secondary N) is 1. The fourth-order valence-electron chi connectivity index (χ4n) is 2.50. The van der Waals surface area contributed by atoms with Crippen molar-refractivity contribution in [2.24, 2.45) is 14.1 Å². The summed E-state index contributed by atoms with van der Waals surface area (Å²) in [5, 5.41) is 7.07. The van der Waals surface area contributed by atoms with Crippen LogP contribution in [0.5, 0.6) is 5.75 Å². The number of hydrogen-bond acceptors (Lipinski definition) is 4. The number of amides is 1. The van der Waals surface area contributed by atoms with E-state index < -0.39 is 0 Å². The van der Waals surface area contributed by atoms with Crippen molar-refractivity contribution in [2.45, 2.75) is 6.04 Å². The van der Waals surface area contributed by atoms with Gasteiger partial charge in [0, 0.05) is 32.7 Å². The number of benzene rings is 1. The molecule has 124 valence electrons. The summed E-state index contributed by atoms with van der Waals surface area (Å²) in [6.45, 7) is 0. The Bertz CT molecular complexity index is 835. The normalized spacial score (nSPS) is 12.0. The van der Waals surface area contributed by atoms with Gasteiger partial charge in [-0.2, -0.15) is 5.10 Å². The predicted octanol–water partition coefficient (Wildman–Crippen LogP) is 1.68. The van der Waals surface area contributed by atoms with Crippen LogP contribution in [-0.4, -0.2) is 32.3 Å². The van der Waals surface area contributed by atoms with Crippen LogP contribution in [0.4, 0.5) is 0 Å². The molecule has 0 aliphatic heterocycles. The highest BCUT2D eigenvalue weighted by atomic mass is 16.5. The number of carbonyl (C=O) groups is 1. The van der Waals surface area contributed by atoms with Gasteiger partial charge in [0.15, 0.2) is 0 Å². The van der Waals surface area contributed by atoms with Gasteiger partial charge in [0.05, 0.1) is 18.9 Å². The number of carbonyl (C=O) groups excluding carboxylic acids is 1. The molecule has 24 heavy (non-hydrogen) atoms. The van der Waals surface area contributed by atoms with Crippen molar-refractivity contribution in [1.82, 2.24) is 24.6 Å². The largest absolute Gasteiger partial charge is 0.497 e. The van der Waals surface area contributed by atoms with Crippen LogP contribution < -0.4 is 10.1 Å². The Morgan fingerprint density at radius 3 is 2.54 bits per heavy atom. The highest BCUT2D eigenvalue weighted by molar-refractivity contribution is 5.94. The number of nitrogens with zero attached hydrogens (tertiary/aromatic N) is 4. The number of methoxy groups -OCH3 is 1. The topological polar surface area (TPSA) is 74.0 Å². The van der Waals surface area contributed by atoms with Crippen molar-refractivity contribution < 1.29 is 9.53 Å². The van der Waals surface area contributed by atoms with Crippen molar-refractivity contribution in [1.29, 1.82) is 0 Å². The fourth-order valence-corrected chi connectivity index (χ4v) is 2.50. The fraction of sp³-hybridized carbons (Fsp3) is 0.235. The lowest BCUT2D eigenvalue weighted by atomic mass is 10.1. The summed E-state index contributed by atoms with van der Waals surface area (Å²) in [5.41, 5.74) is 1.42. The Morgan fingerprint density at radius 2 is 2.00 bits per heavy atom. The van der Waals surface area contributed by atoms with E-state index >= 15 is 0 Å². The van der Waals surface area contributed by atoms with Crippen LogP contribution in [0.15, 0.2) is 49.1 Å². The number of rotatable bonds is 5. The standard InChI is InChI=1S/C17H19N5O2/c1-21-9-8-18-16(21)15(12-4-6-14(24-3)7-5-12)20-17(23)13-10-19-22(2)11-13/h4-11,15H,1-3H3,(H,20,23)/t15-/m0/s1. The second-order valence-corrected chi connectivity index (χ2v) is 5.48. The molecule has 1 amide bonds. The van der Waals surface area contributed by atoms with E-state index in [1.54, 1.807) is 37.4 Å². The summed E-state index contributed by atoms with van der Waals surface area (Å²) in [4.78, 5) is 16.9. The minimum absolute atomic E-state index is 0.202. The van der Waals surface area contributed by atoms with Crippen LogP contribution in [-0.2, 0) is 14.1 Å². The third-order valence-electron chi connectivity index (χ3n) is 3.81. The lowest BCUT2D eigenvalue weighted by molar-refractivity contribution is 0.0941. The molecule has 0 saturated heterocycles. The van der Waals surface area contributed by atoms with Crippen molar-refractivity contribution in [3.8, 4) is 5.75 Å². The molecule has 3 aromatic rings. The second kappa shape index (κ2) is 6.57. The molecule has 0 unspecified atom stereocenters. The second-order valence-electron chi connectivity index (χ2n) is 5.48. The smallest absolute Gasteiger partial charge is 0.255 e. The Labute approximate surface area is 139 Å². The molecule has 2 aromatic heterocycles. The molecular weight excluding hydrogens is 306 g/mol. The van der Waals surface area contributed by atoms with Gasteiger partial charge in [-0.05, 0) is 17.7 Å². The molecule has 3 rings (SSSR count). The SMILES string of the molecule is COc1ccc([C@H](NC(=O)c2cnn(C)c2)c2nccn2C)cc1. The van der Waals surface area contributed by atoms with Gasteiger partial charge in [-0.15, -0.1) is 0 Å². The molecule has 0 aliphatic carbocycles. The first-order valence-electron chi connectivity index (χ1n) is 7.49. The highest BCUT2D eigenvalue weighted by Gasteiger charge is 2.22. The average molecular weight is 325 g/mol. The van der Waals surface area contributed by atoms with Crippen LogP contribution in [0.2, 0.25) is 0 Å². The van der Waals surface area contributed by atoms with Crippen molar-refractivity contribution in [3.05, 3.63) is 66.0 Å². The number of imidazole rings is 1. The van der Waals surface area contributed by atoms with E-state index in [4.69, 9.17) is 4.74 Å². The van der Waals surface area contributed by atoms with Gasteiger partial charge in [0.2, 0.25) is 0 Å². The maximum absolute atomic E-state index is 12.5. The molecule has 0 saturated carbocycles. The monoisotopic (exact) mass is 325 g/mol. The van der Waals surface area contributed by atoms with Gasteiger partial charge in [-0.1, -0.05) is 12.1 Å². The van der Waals surface area contributed by atoms with Gasteiger partial charge in [-0.25, -0.2) is 4.98 Å². The Hall–Kier alpha value is -3.09. The molecule has 2 heterocycles. The molecule has 0 spiro atoms. The summed E-state index contributed by atoms with van der Waals surface area (Å²) in [5.74, 6) is 1.31. The first-order valence-corrected chi connectivity index (χ1v) is 7.49. The van der Waals surface area contributed by atoms with Crippen LogP contribution in [0.25, 0.3) is 0 Å². The predicted molar refractivity (Wildman–Crippen MR) is 88.7 cm³/mol. The molecular formula is C17H19N5O2. The van der Waals surface area contributed by atoms with Crippen molar-refractivity contribution in [3.63, 3.8) is 0 Å². The molecule has 7 heteroatoms. The molecule has 1 N–H and O–H groups in total. The summed E-state index contributed by atoms with van der Waals surface area (Å²) >= 11 is 0. The van der Waals surface area contributed by atoms with Gasteiger partial charge < -0.3 is 14.6 Å². The molecule has 1 aromatic carbocycles. The maximum atomic E-state index is 12.5. The minimum atomic E-state index is -0.372. The van der Waals surface area contributed by atoms with Gasteiger partial charge in [0.1, 0.15) is 17.6 Å². The molecule has 1 atom stereocenters. The van der Waals surface area contributed by atoms with E-state index in [2.05, 4.69) is 15.4 Å². The average Bonchev–Trinajstić information content (AvgIpc) is 3.21. The first-order chi connectivity index (χ1) is 11.6. The van der Waals surface area contributed by atoms with Gasteiger partial charge in [-0.3, -0.25) is 9.48 Å². The van der Waals surface area contributed by atoms with E-state index in [0.717, 1.165) is 17.1 Å². The summed E-state index contributed by atoms with van der Waals surface area (Å²) < 4.78 is 8.68. The zero-order valence-electron chi connectivity index (χ0n) is 13.8. The zero-order chi connectivity index (χ0) is 17.1. The van der Waals surface area contributed by atoms with Crippen LogP contribution >= 0.6 is 0 Å². The Kier molecular flexibility index (Phi) is 4.33. The molecule has 0 bridgehead atoms. The number of hydrogen-bond donors (Lipinski definition) is 1. The first kappa shape index (κ1) is 15.8. The lowest BCUT2D eigenvalue weighted by Gasteiger charge is -2.19. The van der Waals surface area contributed by atoms with E-state index in [0.29, 0.717) is 5.56 Å². The Morgan fingerprint density at radius 1 is 1.25 bits per heavy atom. The van der Waals surface area contributed by atoms with Gasteiger partial charge >= 0.3 is 0 Å². The van der Waals surface area contributed by atoms with E-state index in [9.17, 15) is 4.79 Å². The molecule has 0 aliphatic rings. The molecule has 7 nitrogen and oxygen atoms in total. The highest BCUT2D eigenvalue weighted by Crippen LogP contribution is 2.23. The summed E-state index contributed by atoms with van der Waals surface area (Å²) in [7, 11) is 5.29. The number of aryl methyl sites for hydroxylation is 2. The van der Waals surface area contributed by atoms with Crippen LogP contribution in [0.3, 0.4) is 0 Å².